The highest BCUT2D eigenvalue weighted by Crippen LogP contribution is 2.27. The summed E-state index contributed by atoms with van der Waals surface area (Å²) in [7, 11) is 0. The topological polar surface area (TPSA) is 21.3 Å². The van der Waals surface area contributed by atoms with E-state index in [1.807, 2.05) is 0 Å². The van der Waals surface area contributed by atoms with Gasteiger partial charge in [-0.25, -0.2) is 0 Å². The lowest BCUT2D eigenvalue weighted by atomic mass is 10.0. The van der Waals surface area contributed by atoms with Gasteiger partial charge in [0.25, 0.3) is 0 Å². The molecule has 2 aliphatic rings. The molecule has 0 saturated carbocycles. The summed E-state index contributed by atoms with van der Waals surface area (Å²) >= 11 is 2.10. The van der Waals surface area contributed by atoms with Gasteiger partial charge in [0.05, 0.1) is 6.10 Å². The molecule has 3 heteroatoms. The van der Waals surface area contributed by atoms with Crippen LogP contribution < -0.4 is 5.32 Å². The van der Waals surface area contributed by atoms with Gasteiger partial charge in [0.15, 0.2) is 0 Å². The lowest BCUT2D eigenvalue weighted by Crippen LogP contribution is -2.45. The molecule has 1 N–H and O–H groups in total. The van der Waals surface area contributed by atoms with E-state index in [1.54, 1.807) is 0 Å². The molecule has 4 unspecified atom stereocenters. The van der Waals surface area contributed by atoms with Crippen molar-refractivity contribution in [2.24, 2.45) is 0 Å². The second-order valence-corrected chi connectivity index (χ2v) is 6.03. The maximum absolute atomic E-state index is 5.55. The number of hydrogen-bond acceptors (Lipinski definition) is 3. The normalized spacial score (nSPS) is 44.1. The number of hydrogen-bond donors (Lipinski definition) is 1. The van der Waals surface area contributed by atoms with Gasteiger partial charge in [-0.05, 0) is 31.9 Å². The third-order valence-corrected chi connectivity index (χ3v) is 4.64. The first-order valence-corrected chi connectivity index (χ1v) is 6.80. The molecular formula is C11H21NOS. The van der Waals surface area contributed by atoms with E-state index in [0.29, 0.717) is 12.1 Å². The molecule has 0 amide bonds. The average Bonchev–Trinajstić information content (AvgIpc) is 2.52. The molecule has 82 valence electrons. The Kier molecular flexibility index (Phi) is 3.74. The van der Waals surface area contributed by atoms with Gasteiger partial charge in [-0.3, -0.25) is 0 Å². The first kappa shape index (κ1) is 10.8. The van der Waals surface area contributed by atoms with E-state index in [4.69, 9.17) is 4.74 Å². The van der Waals surface area contributed by atoms with Crippen molar-refractivity contribution in [3.63, 3.8) is 0 Å². The van der Waals surface area contributed by atoms with Crippen molar-refractivity contribution in [2.45, 2.75) is 56.5 Å². The fourth-order valence-electron chi connectivity index (χ4n) is 2.40. The highest BCUT2D eigenvalue weighted by atomic mass is 32.2. The largest absolute Gasteiger partial charge is 0.378 e. The summed E-state index contributed by atoms with van der Waals surface area (Å²) in [6, 6.07) is 1.44. The van der Waals surface area contributed by atoms with Crippen molar-refractivity contribution in [3.8, 4) is 0 Å². The second-order valence-electron chi connectivity index (χ2n) is 4.54. The lowest BCUT2D eigenvalue weighted by molar-refractivity contribution is 0.0114. The van der Waals surface area contributed by atoms with Crippen LogP contribution in [-0.2, 0) is 4.74 Å². The number of rotatable bonds is 2. The second kappa shape index (κ2) is 4.86. The van der Waals surface area contributed by atoms with E-state index in [0.717, 1.165) is 17.9 Å². The maximum Gasteiger partial charge on any atom is 0.0561 e. The summed E-state index contributed by atoms with van der Waals surface area (Å²) in [5.74, 6) is 1.33. The summed E-state index contributed by atoms with van der Waals surface area (Å²) in [5, 5.41) is 4.60. The van der Waals surface area contributed by atoms with Crippen LogP contribution in [0, 0.1) is 0 Å². The molecule has 0 spiro atoms. The smallest absolute Gasteiger partial charge is 0.0561 e. The molecule has 2 fully saturated rings. The summed E-state index contributed by atoms with van der Waals surface area (Å²) in [4.78, 5) is 0. The van der Waals surface area contributed by atoms with Crippen LogP contribution in [0.15, 0.2) is 0 Å². The molecule has 2 nitrogen and oxygen atoms in total. The fourth-order valence-corrected chi connectivity index (χ4v) is 3.61. The summed E-state index contributed by atoms with van der Waals surface area (Å²) in [6.07, 6.45) is 4.18. The van der Waals surface area contributed by atoms with Crippen LogP contribution in [-0.4, -0.2) is 35.8 Å². The van der Waals surface area contributed by atoms with Gasteiger partial charge >= 0.3 is 0 Å². The zero-order valence-electron chi connectivity index (χ0n) is 9.16. The predicted octanol–water partition coefficient (Wildman–Crippen LogP) is 2.04. The highest BCUT2D eigenvalue weighted by molar-refractivity contribution is 8.00. The van der Waals surface area contributed by atoms with Crippen LogP contribution in [0.2, 0.25) is 0 Å². The summed E-state index contributed by atoms with van der Waals surface area (Å²) in [6.45, 7) is 5.46. The van der Waals surface area contributed by atoms with E-state index >= 15 is 0 Å². The minimum Gasteiger partial charge on any atom is -0.378 e. The third kappa shape index (κ3) is 2.65. The number of nitrogens with one attached hydrogen (secondary N) is 1. The van der Waals surface area contributed by atoms with Crippen LogP contribution in [0.3, 0.4) is 0 Å². The number of ether oxygens (including phenoxy) is 1. The van der Waals surface area contributed by atoms with Gasteiger partial charge in [-0.1, -0.05) is 6.92 Å². The van der Waals surface area contributed by atoms with Gasteiger partial charge < -0.3 is 10.1 Å². The highest BCUT2D eigenvalue weighted by Gasteiger charge is 2.28. The fraction of sp³-hybridized carbons (Fsp3) is 1.00. The predicted molar refractivity (Wildman–Crippen MR) is 61.9 cm³/mol. The molecule has 2 rings (SSSR count). The Labute approximate surface area is 91.2 Å². The lowest BCUT2D eigenvalue weighted by Gasteiger charge is -2.31. The Morgan fingerprint density at radius 2 is 2.14 bits per heavy atom. The van der Waals surface area contributed by atoms with Crippen molar-refractivity contribution in [3.05, 3.63) is 0 Å². The molecule has 0 aromatic rings. The Morgan fingerprint density at radius 3 is 2.79 bits per heavy atom. The van der Waals surface area contributed by atoms with Crippen molar-refractivity contribution in [1.29, 1.82) is 0 Å². The Morgan fingerprint density at radius 1 is 1.29 bits per heavy atom. The molecule has 0 aliphatic carbocycles. The molecule has 0 aromatic heterocycles. The molecule has 2 saturated heterocycles. The van der Waals surface area contributed by atoms with Gasteiger partial charge in [-0.2, -0.15) is 11.8 Å². The number of thioether (sulfide) groups is 1. The molecule has 2 heterocycles. The first-order valence-electron chi connectivity index (χ1n) is 5.75. The van der Waals surface area contributed by atoms with E-state index in [9.17, 15) is 0 Å². The molecule has 4 atom stereocenters. The molecule has 14 heavy (non-hydrogen) atoms. The molecule has 2 aliphatic heterocycles. The molecule has 0 aromatic carbocycles. The van der Waals surface area contributed by atoms with E-state index < -0.39 is 0 Å². The average molecular weight is 215 g/mol. The van der Waals surface area contributed by atoms with E-state index in [1.165, 1.54) is 25.0 Å². The zero-order valence-corrected chi connectivity index (χ0v) is 9.98. The van der Waals surface area contributed by atoms with Gasteiger partial charge in [0.1, 0.15) is 0 Å². The van der Waals surface area contributed by atoms with E-state index in [-0.39, 0.29) is 0 Å². The van der Waals surface area contributed by atoms with Gasteiger partial charge in [0.2, 0.25) is 0 Å². The van der Waals surface area contributed by atoms with Crippen molar-refractivity contribution < 1.29 is 4.74 Å². The van der Waals surface area contributed by atoms with Crippen LogP contribution in [0.5, 0.6) is 0 Å². The molecular weight excluding hydrogens is 194 g/mol. The third-order valence-electron chi connectivity index (χ3n) is 3.31. The SMILES string of the molecule is CC1CC(NC2CCSC2C)CCO1. The zero-order chi connectivity index (χ0) is 9.97. The van der Waals surface area contributed by atoms with Crippen LogP contribution >= 0.6 is 11.8 Å². The minimum atomic E-state index is 0.450. The van der Waals surface area contributed by atoms with Crippen molar-refractivity contribution >= 4 is 11.8 Å². The van der Waals surface area contributed by atoms with Gasteiger partial charge in [0, 0.05) is 23.9 Å². The summed E-state index contributed by atoms with van der Waals surface area (Å²) < 4.78 is 5.55. The Balaban J connectivity index is 1.78. The molecule has 0 radical (unpaired) electrons. The monoisotopic (exact) mass is 215 g/mol. The van der Waals surface area contributed by atoms with Crippen LogP contribution in [0.4, 0.5) is 0 Å². The van der Waals surface area contributed by atoms with E-state index in [2.05, 4.69) is 30.9 Å². The van der Waals surface area contributed by atoms with Crippen molar-refractivity contribution in [2.75, 3.05) is 12.4 Å². The van der Waals surface area contributed by atoms with Gasteiger partial charge in [-0.15, -0.1) is 0 Å². The van der Waals surface area contributed by atoms with Crippen molar-refractivity contribution in [1.82, 2.24) is 5.32 Å². The quantitative estimate of drug-likeness (QED) is 0.761. The maximum atomic E-state index is 5.55. The molecule has 0 bridgehead atoms. The Bertz CT molecular complexity index is 188. The standard InChI is InChI=1S/C11H21NOS/c1-8-7-10(3-5-13-8)12-11-4-6-14-9(11)2/h8-12H,3-7H2,1-2H3. The van der Waals surface area contributed by atoms with Crippen LogP contribution in [0.25, 0.3) is 0 Å². The minimum absolute atomic E-state index is 0.450. The van der Waals surface area contributed by atoms with Crippen LogP contribution in [0.1, 0.15) is 33.1 Å². The first-order chi connectivity index (χ1) is 6.75. The Hall–Kier alpha value is 0.270. The summed E-state index contributed by atoms with van der Waals surface area (Å²) in [5.41, 5.74) is 0.